The zero-order valence-electron chi connectivity index (χ0n) is 18.0. The summed E-state index contributed by atoms with van der Waals surface area (Å²) in [5.74, 6) is 1.47. The second-order valence-corrected chi connectivity index (χ2v) is 8.40. The highest BCUT2D eigenvalue weighted by Crippen LogP contribution is 2.41. The highest BCUT2D eigenvalue weighted by molar-refractivity contribution is 5.85. The third-order valence-electron chi connectivity index (χ3n) is 6.53. The minimum atomic E-state index is -0.261. The number of para-hydroxylation sites is 2. The molecule has 1 aromatic heterocycles. The van der Waals surface area contributed by atoms with Crippen molar-refractivity contribution >= 4 is 16.8 Å². The SMILES string of the molecule is COc1cccc(C(CNC(=O)C2(C)CCCC2)c2c[nH]c3ccccc23)c1OC. The van der Waals surface area contributed by atoms with Gasteiger partial charge in [-0.15, -0.1) is 0 Å². The fourth-order valence-electron chi connectivity index (χ4n) is 4.75. The molecule has 2 aromatic carbocycles. The second kappa shape index (κ2) is 8.42. The lowest BCUT2D eigenvalue weighted by Crippen LogP contribution is -2.39. The maximum Gasteiger partial charge on any atom is 0.225 e. The van der Waals surface area contributed by atoms with Gasteiger partial charge in [-0.05, 0) is 30.5 Å². The van der Waals surface area contributed by atoms with Crippen LogP contribution in [0.2, 0.25) is 0 Å². The van der Waals surface area contributed by atoms with E-state index in [1.165, 1.54) is 0 Å². The molecule has 1 aliphatic rings. The van der Waals surface area contributed by atoms with E-state index in [1.807, 2.05) is 30.5 Å². The zero-order valence-corrected chi connectivity index (χ0v) is 18.0. The van der Waals surface area contributed by atoms with E-state index in [0.717, 1.165) is 47.7 Å². The molecule has 1 heterocycles. The number of rotatable bonds is 7. The van der Waals surface area contributed by atoms with E-state index >= 15 is 0 Å². The molecule has 0 saturated heterocycles. The number of methoxy groups -OCH3 is 2. The van der Waals surface area contributed by atoms with Crippen molar-refractivity contribution in [3.8, 4) is 11.5 Å². The van der Waals surface area contributed by atoms with Crippen molar-refractivity contribution < 1.29 is 14.3 Å². The number of ether oxygens (including phenoxy) is 2. The standard InChI is InChI=1S/C25H30N2O3/c1-25(13-6-7-14-25)24(28)27-16-20(18-10-8-12-22(29-2)23(18)30-3)19-15-26-21-11-5-4-9-17(19)21/h4-5,8-12,15,20,26H,6-7,13-14,16H2,1-3H3,(H,27,28). The normalized spacial score (nSPS) is 16.4. The number of carbonyl (C=O) groups is 1. The number of amides is 1. The molecule has 1 fully saturated rings. The lowest BCUT2D eigenvalue weighted by molar-refractivity contribution is -0.129. The quantitative estimate of drug-likeness (QED) is 0.579. The molecule has 0 radical (unpaired) electrons. The van der Waals surface area contributed by atoms with Gasteiger partial charge in [-0.25, -0.2) is 0 Å². The Morgan fingerprint density at radius 3 is 2.57 bits per heavy atom. The Morgan fingerprint density at radius 1 is 1.07 bits per heavy atom. The number of fused-ring (bicyclic) bond motifs is 1. The van der Waals surface area contributed by atoms with Gasteiger partial charge < -0.3 is 19.8 Å². The van der Waals surface area contributed by atoms with Crippen LogP contribution < -0.4 is 14.8 Å². The highest BCUT2D eigenvalue weighted by atomic mass is 16.5. The molecular formula is C25H30N2O3. The van der Waals surface area contributed by atoms with Crippen molar-refractivity contribution in [2.45, 2.75) is 38.5 Å². The Balaban J connectivity index is 1.73. The molecule has 3 aromatic rings. The number of hydrogen-bond acceptors (Lipinski definition) is 3. The maximum absolute atomic E-state index is 13.0. The third-order valence-corrected chi connectivity index (χ3v) is 6.53. The summed E-state index contributed by atoms with van der Waals surface area (Å²) in [5, 5.41) is 4.40. The Hall–Kier alpha value is -2.95. The molecule has 4 rings (SSSR count). The van der Waals surface area contributed by atoms with Gasteiger partial charge in [0.15, 0.2) is 11.5 Å². The molecule has 1 atom stereocenters. The van der Waals surface area contributed by atoms with Gasteiger partial charge in [-0.3, -0.25) is 4.79 Å². The van der Waals surface area contributed by atoms with E-state index in [2.05, 4.69) is 35.4 Å². The average molecular weight is 407 g/mol. The van der Waals surface area contributed by atoms with E-state index in [1.54, 1.807) is 14.2 Å². The van der Waals surface area contributed by atoms with Gasteiger partial charge in [0.25, 0.3) is 0 Å². The molecule has 2 N–H and O–H groups in total. The lowest BCUT2D eigenvalue weighted by atomic mass is 9.86. The summed E-state index contributed by atoms with van der Waals surface area (Å²) in [4.78, 5) is 16.4. The minimum Gasteiger partial charge on any atom is -0.493 e. The fourth-order valence-corrected chi connectivity index (χ4v) is 4.75. The van der Waals surface area contributed by atoms with Gasteiger partial charge in [0, 0.05) is 40.5 Å². The smallest absolute Gasteiger partial charge is 0.225 e. The summed E-state index contributed by atoms with van der Waals surface area (Å²) in [6.07, 6.45) is 6.20. The Kier molecular flexibility index (Phi) is 5.71. The zero-order chi connectivity index (χ0) is 21.1. The predicted octanol–water partition coefficient (Wildman–Crippen LogP) is 5.01. The van der Waals surface area contributed by atoms with Crippen LogP contribution in [0.1, 0.15) is 49.7 Å². The van der Waals surface area contributed by atoms with Crippen LogP contribution in [-0.4, -0.2) is 31.7 Å². The molecule has 1 unspecified atom stereocenters. The first-order valence-corrected chi connectivity index (χ1v) is 10.6. The van der Waals surface area contributed by atoms with Crippen molar-refractivity contribution in [3.63, 3.8) is 0 Å². The van der Waals surface area contributed by atoms with E-state index in [4.69, 9.17) is 9.47 Å². The molecule has 158 valence electrons. The van der Waals surface area contributed by atoms with Crippen LogP contribution in [0, 0.1) is 5.41 Å². The topological polar surface area (TPSA) is 63.3 Å². The second-order valence-electron chi connectivity index (χ2n) is 8.40. The number of hydrogen-bond donors (Lipinski definition) is 2. The van der Waals surface area contributed by atoms with Crippen LogP contribution >= 0.6 is 0 Å². The molecule has 5 heteroatoms. The first kappa shape index (κ1) is 20.3. The first-order chi connectivity index (χ1) is 14.6. The maximum atomic E-state index is 13.0. The molecule has 0 aliphatic heterocycles. The average Bonchev–Trinajstić information content (AvgIpc) is 3.41. The van der Waals surface area contributed by atoms with Gasteiger partial charge in [0.1, 0.15) is 0 Å². The van der Waals surface area contributed by atoms with Gasteiger partial charge in [-0.2, -0.15) is 0 Å². The summed E-state index contributed by atoms with van der Waals surface area (Å²) < 4.78 is 11.3. The van der Waals surface area contributed by atoms with E-state index < -0.39 is 0 Å². The van der Waals surface area contributed by atoms with Gasteiger partial charge >= 0.3 is 0 Å². The monoisotopic (exact) mass is 406 g/mol. The molecule has 5 nitrogen and oxygen atoms in total. The molecule has 30 heavy (non-hydrogen) atoms. The van der Waals surface area contributed by atoms with Crippen molar-refractivity contribution in [1.82, 2.24) is 10.3 Å². The number of benzene rings is 2. The number of aromatic nitrogens is 1. The Bertz CT molecular complexity index is 1030. The van der Waals surface area contributed by atoms with Crippen LogP contribution in [0.5, 0.6) is 11.5 Å². The minimum absolute atomic E-state index is 0.0693. The van der Waals surface area contributed by atoms with Gasteiger partial charge in [-0.1, -0.05) is 50.1 Å². The van der Waals surface area contributed by atoms with Crippen LogP contribution in [0.4, 0.5) is 0 Å². The summed E-state index contributed by atoms with van der Waals surface area (Å²) in [7, 11) is 3.30. The molecule has 0 spiro atoms. The summed E-state index contributed by atoms with van der Waals surface area (Å²) in [6.45, 7) is 2.59. The molecule has 1 aliphatic carbocycles. The Labute approximate surface area is 177 Å². The number of nitrogens with one attached hydrogen (secondary N) is 2. The van der Waals surface area contributed by atoms with Crippen molar-refractivity contribution in [2.24, 2.45) is 5.41 Å². The summed E-state index contributed by atoms with van der Waals surface area (Å²) in [6, 6.07) is 14.2. The van der Waals surface area contributed by atoms with Crippen LogP contribution in [0.15, 0.2) is 48.7 Å². The Morgan fingerprint density at radius 2 is 1.83 bits per heavy atom. The number of aromatic amines is 1. The van der Waals surface area contributed by atoms with Gasteiger partial charge in [0.2, 0.25) is 5.91 Å². The molecular weight excluding hydrogens is 376 g/mol. The number of carbonyl (C=O) groups excluding carboxylic acids is 1. The lowest BCUT2D eigenvalue weighted by Gasteiger charge is -2.26. The predicted molar refractivity (Wildman–Crippen MR) is 119 cm³/mol. The molecule has 1 saturated carbocycles. The third kappa shape index (κ3) is 3.64. The van der Waals surface area contributed by atoms with Crippen molar-refractivity contribution in [1.29, 1.82) is 0 Å². The van der Waals surface area contributed by atoms with Crippen LogP contribution in [-0.2, 0) is 4.79 Å². The summed E-state index contributed by atoms with van der Waals surface area (Å²) in [5.41, 5.74) is 2.95. The first-order valence-electron chi connectivity index (χ1n) is 10.6. The number of H-pyrrole nitrogens is 1. The van der Waals surface area contributed by atoms with Gasteiger partial charge in [0.05, 0.1) is 14.2 Å². The van der Waals surface area contributed by atoms with E-state index in [-0.39, 0.29) is 17.2 Å². The largest absolute Gasteiger partial charge is 0.493 e. The van der Waals surface area contributed by atoms with Crippen LogP contribution in [0.25, 0.3) is 10.9 Å². The van der Waals surface area contributed by atoms with Crippen LogP contribution in [0.3, 0.4) is 0 Å². The van der Waals surface area contributed by atoms with E-state index in [9.17, 15) is 4.79 Å². The highest BCUT2D eigenvalue weighted by Gasteiger charge is 2.36. The van der Waals surface area contributed by atoms with Crippen molar-refractivity contribution in [3.05, 3.63) is 59.8 Å². The van der Waals surface area contributed by atoms with Crippen molar-refractivity contribution in [2.75, 3.05) is 20.8 Å². The molecule has 0 bridgehead atoms. The molecule has 1 amide bonds. The summed E-state index contributed by atoms with van der Waals surface area (Å²) >= 11 is 0. The van der Waals surface area contributed by atoms with E-state index in [0.29, 0.717) is 18.0 Å². The fraction of sp³-hybridized carbons (Fsp3) is 0.400.